The van der Waals surface area contributed by atoms with E-state index in [4.69, 9.17) is 4.74 Å². The molecular formula is C21H33IN4O. The number of aliphatic imine (C=N–C) groups is 1. The fourth-order valence-corrected chi connectivity index (χ4v) is 4.78. The molecule has 4 rings (SSSR count). The van der Waals surface area contributed by atoms with Crippen molar-refractivity contribution in [2.24, 2.45) is 10.4 Å². The van der Waals surface area contributed by atoms with Crippen molar-refractivity contribution in [2.75, 3.05) is 46.4 Å². The largest absolute Gasteiger partial charge is 0.381 e. The summed E-state index contributed by atoms with van der Waals surface area (Å²) in [6.07, 6.45) is 5.00. The van der Waals surface area contributed by atoms with E-state index in [-0.39, 0.29) is 24.0 Å². The minimum Gasteiger partial charge on any atom is -0.381 e. The first kappa shape index (κ1) is 20.9. The summed E-state index contributed by atoms with van der Waals surface area (Å²) in [6.45, 7) is 7.27. The van der Waals surface area contributed by atoms with Crippen molar-refractivity contribution in [1.82, 2.24) is 15.1 Å². The second-order valence-corrected chi connectivity index (χ2v) is 8.15. The molecule has 1 spiro atoms. The molecule has 3 heterocycles. The molecule has 27 heavy (non-hydrogen) atoms. The molecule has 0 aromatic heterocycles. The Balaban J connectivity index is 0.00000210. The van der Waals surface area contributed by atoms with Crippen molar-refractivity contribution >= 4 is 29.9 Å². The first-order valence-corrected chi connectivity index (χ1v) is 10.1. The Morgan fingerprint density at radius 3 is 2.85 bits per heavy atom. The number of likely N-dealkylation sites (tertiary alicyclic amines) is 2. The lowest BCUT2D eigenvalue weighted by atomic mass is 9.87. The van der Waals surface area contributed by atoms with E-state index in [1.54, 1.807) is 0 Å². The fourth-order valence-electron chi connectivity index (χ4n) is 4.78. The van der Waals surface area contributed by atoms with Crippen LogP contribution in [-0.4, -0.2) is 68.2 Å². The summed E-state index contributed by atoms with van der Waals surface area (Å²) >= 11 is 0. The molecule has 1 aromatic carbocycles. The van der Waals surface area contributed by atoms with E-state index in [0.717, 1.165) is 45.4 Å². The van der Waals surface area contributed by atoms with Crippen molar-refractivity contribution in [3.63, 3.8) is 0 Å². The van der Waals surface area contributed by atoms with E-state index >= 15 is 0 Å². The number of nitrogens with zero attached hydrogens (tertiary/aromatic N) is 3. The standard InChI is InChI=1S/C21H32N4O.HI/c1-22-20(25-12-9-21(16-25)10-13-26-17-21)23-14-19-8-5-11-24(19)15-18-6-3-2-4-7-18;/h2-4,6-7,19H,5,8-17H2,1H3,(H,22,23);1H. The molecule has 0 radical (unpaired) electrons. The minimum atomic E-state index is 0. The van der Waals surface area contributed by atoms with Crippen LogP contribution in [0.1, 0.15) is 31.2 Å². The molecule has 5 nitrogen and oxygen atoms in total. The van der Waals surface area contributed by atoms with E-state index in [2.05, 4.69) is 50.4 Å². The third-order valence-electron chi connectivity index (χ3n) is 6.36. The van der Waals surface area contributed by atoms with E-state index in [1.165, 1.54) is 37.8 Å². The van der Waals surface area contributed by atoms with Crippen LogP contribution in [0.4, 0.5) is 0 Å². The number of guanidine groups is 1. The lowest BCUT2D eigenvalue weighted by Gasteiger charge is -2.28. The monoisotopic (exact) mass is 484 g/mol. The summed E-state index contributed by atoms with van der Waals surface area (Å²) in [7, 11) is 1.91. The molecule has 1 N–H and O–H groups in total. The Morgan fingerprint density at radius 2 is 2.11 bits per heavy atom. The molecule has 150 valence electrons. The number of rotatable bonds is 4. The molecule has 3 aliphatic heterocycles. The van der Waals surface area contributed by atoms with Crippen molar-refractivity contribution in [1.29, 1.82) is 0 Å². The van der Waals surface area contributed by atoms with Crippen LogP contribution in [-0.2, 0) is 11.3 Å². The van der Waals surface area contributed by atoms with Gasteiger partial charge in [-0.15, -0.1) is 24.0 Å². The Morgan fingerprint density at radius 1 is 1.26 bits per heavy atom. The maximum Gasteiger partial charge on any atom is 0.193 e. The quantitative estimate of drug-likeness (QED) is 0.406. The lowest BCUT2D eigenvalue weighted by Crippen LogP contribution is -2.46. The highest BCUT2D eigenvalue weighted by molar-refractivity contribution is 14.0. The predicted molar refractivity (Wildman–Crippen MR) is 121 cm³/mol. The highest BCUT2D eigenvalue weighted by atomic mass is 127. The smallest absolute Gasteiger partial charge is 0.193 e. The number of nitrogens with one attached hydrogen (secondary N) is 1. The number of halogens is 1. The second kappa shape index (κ2) is 9.56. The number of ether oxygens (including phenoxy) is 1. The van der Waals surface area contributed by atoms with Gasteiger partial charge >= 0.3 is 0 Å². The molecule has 2 unspecified atom stereocenters. The van der Waals surface area contributed by atoms with Crippen LogP contribution in [0.3, 0.4) is 0 Å². The number of hydrogen-bond donors (Lipinski definition) is 1. The molecule has 6 heteroatoms. The summed E-state index contributed by atoms with van der Waals surface area (Å²) < 4.78 is 5.66. The van der Waals surface area contributed by atoms with E-state index in [9.17, 15) is 0 Å². The van der Waals surface area contributed by atoms with Gasteiger partial charge < -0.3 is 15.0 Å². The van der Waals surface area contributed by atoms with Crippen LogP contribution in [0.2, 0.25) is 0 Å². The highest BCUT2D eigenvalue weighted by Crippen LogP contribution is 2.38. The van der Waals surface area contributed by atoms with Gasteiger partial charge in [-0.05, 0) is 37.8 Å². The van der Waals surface area contributed by atoms with Gasteiger partial charge in [-0.2, -0.15) is 0 Å². The summed E-state index contributed by atoms with van der Waals surface area (Å²) in [6, 6.07) is 11.4. The first-order chi connectivity index (χ1) is 12.8. The Hall–Kier alpha value is -0.860. The molecule has 0 saturated carbocycles. The van der Waals surface area contributed by atoms with Crippen molar-refractivity contribution in [3.8, 4) is 0 Å². The minimum absolute atomic E-state index is 0. The van der Waals surface area contributed by atoms with Gasteiger partial charge in [0.1, 0.15) is 0 Å². The van der Waals surface area contributed by atoms with Crippen LogP contribution in [0.25, 0.3) is 0 Å². The van der Waals surface area contributed by atoms with Gasteiger partial charge in [-0.3, -0.25) is 9.89 Å². The topological polar surface area (TPSA) is 40.1 Å². The summed E-state index contributed by atoms with van der Waals surface area (Å²) in [5.74, 6) is 1.07. The van der Waals surface area contributed by atoms with Crippen LogP contribution in [0, 0.1) is 5.41 Å². The lowest BCUT2D eigenvalue weighted by molar-refractivity contribution is 0.156. The Labute approximate surface area is 180 Å². The number of hydrogen-bond acceptors (Lipinski definition) is 3. The van der Waals surface area contributed by atoms with Gasteiger partial charge in [0.05, 0.1) is 6.61 Å². The fraction of sp³-hybridized carbons (Fsp3) is 0.667. The second-order valence-electron chi connectivity index (χ2n) is 8.15. The summed E-state index contributed by atoms with van der Waals surface area (Å²) in [5.41, 5.74) is 1.79. The molecule has 3 fully saturated rings. The van der Waals surface area contributed by atoms with Crippen LogP contribution < -0.4 is 5.32 Å². The van der Waals surface area contributed by atoms with E-state index in [1.807, 2.05) is 7.05 Å². The molecule has 0 amide bonds. The molecule has 2 atom stereocenters. The molecule has 3 saturated heterocycles. The highest BCUT2D eigenvalue weighted by Gasteiger charge is 2.42. The van der Waals surface area contributed by atoms with Crippen LogP contribution in [0.15, 0.2) is 35.3 Å². The SMILES string of the molecule is CN=C(NCC1CCCN1Cc1ccccc1)N1CCC2(CCOC2)C1.I. The summed E-state index contributed by atoms with van der Waals surface area (Å²) in [5, 5.41) is 3.67. The maximum atomic E-state index is 5.66. The zero-order valence-electron chi connectivity index (χ0n) is 16.4. The number of benzene rings is 1. The van der Waals surface area contributed by atoms with Crippen molar-refractivity contribution in [3.05, 3.63) is 35.9 Å². The van der Waals surface area contributed by atoms with Crippen LogP contribution in [0.5, 0.6) is 0 Å². The van der Waals surface area contributed by atoms with Gasteiger partial charge in [0.25, 0.3) is 0 Å². The van der Waals surface area contributed by atoms with Gasteiger partial charge in [0.2, 0.25) is 0 Å². The first-order valence-electron chi connectivity index (χ1n) is 10.1. The maximum absolute atomic E-state index is 5.66. The van der Waals surface area contributed by atoms with Crippen molar-refractivity contribution < 1.29 is 4.74 Å². The molecule has 1 aromatic rings. The Bertz CT molecular complexity index is 618. The molecule has 0 aliphatic carbocycles. The van der Waals surface area contributed by atoms with Gasteiger partial charge in [0.15, 0.2) is 5.96 Å². The Kier molecular flexibility index (Phi) is 7.39. The average Bonchev–Trinajstić information content (AvgIpc) is 3.40. The van der Waals surface area contributed by atoms with Gasteiger partial charge in [0, 0.05) is 51.3 Å². The van der Waals surface area contributed by atoms with Gasteiger partial charge in [-0.25, -0.2) is 0 Å². The average molecular weight is 484 g/mol. The van der Waals surface area contributed by atoms with Crippen LogP contribution >= 0.6 is 24.0 Å². The van der Waals surface area contributed by atoms with E-state index in [0.29, 0.717) is 11.5 Å². The molecule has 0 bridgehead atoms. The zero-order valence-corrected chi connectivity index (χ0v) is 18.7. The molecule has 3 aliphatic rings. The van der Waals surface area contributed by atoms with Crippen molar-refractivity contribution in [2.45, 2.75) is 38.3 Å². The third kappa shape index (κ3) is 4.95. The van der Waals surface area contributed by atoms with Gasteiger partial charge in [-0.1, -0.05) is 30.3 Å². The predicted octanol–water partition coefficient (Wildman–Crippen LogP) is 2.96. The third-order valence-corrected chi connectivity index (χ3v) is 6.36. The summed E-state index contributed by atoms with van der Waals surface area (Å²) in [4.78, 5) is 9.62. The zero-order chi connectivity index (χ0) is 17.8. The normalized spacial score (nSPS) is 28.7. The van der Waals surface area contributed by atoms with E-state index < -0.39 is 0 Å². The molecular weight excluding hydrogens is 451 g/mol.